The van der Waals surface area contributed by atoms with E-state index in [2.05, 4.69) is 46.4 Å². The van der Waals surface area contributed by atoms with E-state index >= 15 is 0 Å². The van der Waals surface area contributed by atoms with Crippen molar-refractivity contribution in [1.82, 2.24) is 14.8 Å². The third-order valence-corrected chi connectivity index (χ3v) is 8.40. The molecule has 2 aromatic carbocycles. The molecule has 1 N–H and O–H groups in total. The molecule has 1 fully saturated rings. The van der Waals surface area contributed by atoms with Crippen molar-refractivity contribution in [3.05, 3.63) is 95.1 Å². The van der Waals surface area contributed by atoms with Crippen LogP contribution < -0.4 is 5.32 Å². The summed E-state index contributed by atoms with van der Waals surface area (Å²) in [6, 6.07) is 18.3. The summed E-state index contributed by atoms with van der Waals surface area (Å²) in [5.41, 5.74) is 4.41. The predicted octanol–water partition coefficient (Wildman–Crippen LogP) is 6.29. The minimum Gasteiger partial charge on any atom is -0.465 e. The van der Waals surface area contributed by atoms with Gasteiger partial charge in [-0.1, -0.05) is 78.0 Å². The summed E-state index contributed by atoms with van der Waals surface area (Å²) in [6.07, 6.45) is 2.85. The molecule has 7 nitrogen and oxygen atoms in total. The molecule has 0 saturated heterocycles. The molecule has 1 aliphatic carbocycles. The first kappa shape index (κ1) is 25.9. The Morgan fingerprint density at radius 2 is 1.92 bits per heavy atom. The van der Waals surface area contributed by atoms with Gasteiger partial charge in [-0.2, -0.15) is 0 Å². The fourth-order valence-electron chi connectivity index (χ4n) is 4.52. The van der Waals surface area contributed by atoms with Crippen LogP contribution in [0.3, 0.4) is 0 Å². The molecule has 1 saturated carbocycles. The number of nitrogens with zero attached hydrogens (tertiary/aromatic N) is 3. The Labute approximate surface area is 229 Å². The van der Waals surface area contributed by atoms with Gasteiger partial charge in [0, 0.05) is 23.4 Å². The maximum atomic E-state index is 12.9. The molecule has 0 bridgehead atoms. The van der Waals surface area contributed by atoms with Gasteiger partial charge in [-0.15, -0.1) is 28.1 Å². The van der Waals surface area contributed by atoms with Crippen molar-refractivity contribution in [3.8, 4) is 11.1 Å². The number of hydrogen-bond donors (Lipinski definition) is 1. The monoisotopic (exact) mass is 544 g/mol. The maximum absolute atomic E-state index is 12.9. The first-order valence-corrected chi connectivity index (χ1v) is 14.1. The highest BCUT2D eigenvalue weighted by Crippen LogP contribution is 2.54. The van der Waals surface area contributed by atoms with Gasteiger partial charge in [0.1, 0.15) is 16.4 Å². The van der Waals surface area contributed by atoms with E-state index in [0.717, 1.165) is 28.9 Å². The Bertz CT molecular complexity index is 1460. The van der Waals surface area contributed by atoms with E-state index in [9.17, 15) is 9.59 Å². The largest absolute Gasteiger partial charge is 0.465 e. The average molecular weight is 545 g/mol. The van der Waals surface area contributed by atoms with Crippen LogP contribution in [-0.2, 0) is 16.1 Å². The van der Waals surface area contributed by atoms with Gasteiger partial charge >= 0.3 is 5.97 Å². The zero-order valence-electron chi connectivity index (χ0n) is 21.2. The third kappa shape index (κ3) is 5.44. The van der Waals surface area contributed by atoms with E-state index in [-0.39, 0.29) is 11.7 Å². The molecule has 1 aliphatic rings. The number of carbonyl (C=O) groups excluding carboxylic acids is 2. The van der Waals surface area contributed by atoms with Gasteiger partial charge in [0.05, 0.1) is 12.9 Å². The number of amides is 1. The van der Waals surface area contributed by atoms with Crippen molar-refractivity contribution >= 4 is 40.0 Å². The summed E-state index contributed by atoms with van der Waals surface area (Å²) in [6.45, 7) is 6.46. The van der Waals surface area contributed by atoms with Crippen molar-refractivity contribution in [2.75, 3.05) is 18.2 Å². The Morgan fingerprint density at radius 1 is 1.16 bits per heavy atom. The molecule has 2 unspecified atom stereocenters. The zero-order valence-corrected chi connectivity index (χ0v) is 22.8. The third-order valence-electron chi connectivity index (χ3n) is 6.54. The van der Waals surface area contributed by atoms with Crippen molar-refractivity contribution < 1.29 is 14.3 Å². The van der Waals surface area contributed by atoms with Gasteiger partial charge in [-0.05, 0) is 30.4 Å². The lowest BCUT2D eigenvalue weighted by Crippen LogP contribution is -2.16. The van der Waals surface area contributed by atoms with Gasteiger partial charge in [0.2, 0.25) is 5.91 Å². The highest BCUT2D eigenvalue weighted by atomic mass is 32.2. The van der Waals surface area contributed by atoms with Crippen LogP contribution in [0, 0.1) is 6.92 Å². The van der Waals surface area contributed by atoms with Crippen LogP contribution in [0.5, 0.6) is 0 Å². The summed E-state index contributed by atoms with van der Waals surface area (Å²) in [5.74, 6) is 1.07. The highest BCUT2D eigenvalue weighted by molar-refractivity contribution is 7.99. The summed E-state index contributed by atoms with van der Waals surface area (Å²) in [4.78, 5) is 25.6. The van der Waals surface area contributed by atoms with E-state index in [1.54, 1.807) is 0 Å². The number of benzene rings is 2. The van der Waals surface area contributed by atoms with Crippen LogP contribution in [0.2, 0.25) is 0 Å². The summed E-state index contributed by atoms with van der Waals surface area (Å²) < 4.78 is 7.07. The second kappa shape index (κ2) is 11.4. The second-order valence-corrected chi connectivity index (χ2v) is 11.0. The molecule has 2 atom stereocenters. The second-order valence-electron chi connectivity index (χ2n) is 9.15. The van der Waals surface area contributed by atoms with Gasteiger partial charge in [-0.25, -0.2) is 4.79 Å². The first-order chi connectivity index (χ1) is 18.5. The van der Waals surface area contributed by atoms with Crippen LogP contribution in [0.25, 0.3) is 11.1 Å². The predicted molar refractivity (Wildman–Crippen MR) is 152 cm³/mol. The van der Waals surface area contributed by atoms with E-state index in [1.807, 2.05) is 53.3 Å². The molecule has 1 amide bonds. The molecule has 4 aromatic rings. The lowest BCUT2D eigenvalue weighted by Gasteiger charge is -2.09. The average Bonchev–Trinajstić information content (AvgIpc) is 3.47. The number of anilines is 1. The Balaban J connectivity index is 1.29. The molecule has 2 aromatic heterocycles. The molecule has 5 rings (SSSR count). The zero-order chi connectivity index (χ0) is 26.6. The number of rotatable bonds is 10. The highest BCUT2D eigenvalue weighted by Gasteiger charge is 2.43. The standard InChI is InChI=1S/C29H28N4O3S2/c1-4-14-33-26(22-15-21(22)19-8-6-5-7-9-19)31-32-29(33)38-17-24(34)30-27-25(28(35)36-3)23(16-37-27)20-12-10-18(2)11-13-20/h4-13,16,21-22H,1,14-15,17H2,2-3H3,(H,30,34). The van der Waals surface area contributed by atoms with Crippen LogP contribution in [0.1, 0.15) is 45.6 Å². The number of methoxy groups -OCH3 is 1. The maximum Gasteiger partial charge on any atom is 0.341 e. The molecular formula is C29H28N4O3S2. The van der Waals surface area contributed by atoms with Gasteiger partial charge in [0.25, 0.3) is 0 Å². The lowest BCUT2D eigenvalue weighted by atomic mass is 10.0. The Hall–Kier alpha value is -3.69. The van der Waals surface area contributed by atoms with Crippen LogP contribution in [0.4, 0.5) is 5.00 Å². The number of hydrogen-bond acceptors (Lipinski definition) is 7. The number of allylic oxidation sites excluding steroid dienone is 1. The summed E-state index contributed by atoms with van der Waals surface area (Å²) in [5, 5.41) is 14.8. The van der Waals surface area contributed by atoms with Crippen LogP contribution in [0.15, 0.2) is 77.8 Å². The van der Waals surface area contributed by atoms with Gasteiger partial charge in [-0.3, -0.25) is 4.79 Å². The molecular weight excluding hydrogens is 516 g/mol. The molecule has 0 spiro atoms. The van der Waals surface area contributed by atoms with Crippen LogP contribution >= 0.6 is 23.1 Å². The fraction of sp³-hybridized carbons (Fsp3) is 0.241. The number of ether oxygens (including phenoxy) is 1. The normalized spacial score (nSPS) is 16.2. The quantitative estimate of drug-likeness (QED) is 0.143. The van der Waals surface area contributed by atoms with Crippen molar-refractivity contribution in [1.29, 1.82) is 0 Å². The van der Waals surface area contributed by atoms with E-state index in [1.165, 1.54) is 35.8 Å². The lowest BCUT2D eigenvalue weighted by molar-refractivity contribution is -0.113. The van der Waals surface area contributed by atoms with Crippen molar-refractivity contribution in [3.63, 3.8) is 0 Å². The summed E-state index contributed by atoms with van der Waals surface area (Å²) in [7, 11) is 1.34. The molecule has 0 aliphatic heterocycles. The topological polar surface area (TPSA) is 86.1 Å². The smallest absolute Gasteiger partial charge is 0.341 e. The Kier molecular flexibility index (Phi) is 7.76. The summed E-state index contributed by atoms with van der Waals surface area (Å²) >= 11 is 2.63. The number of nitrogens with one attached hydrogen (secondary N) is 1. The number of thioether (sulfide) groups is 1. The SMILES string of the molecule is C=CCn1c(SCC(=O)Nc2scc(-c3ccc(C)cc3)c2C(=O)OC)nnc1C1CC1c1ccccc1. The van der Waals surface area contributed by atoms with E-state index < -0.39 is 5.97 Å². The first-order valence-electron chi connectivity index (χ1n) is 12.3. The van der Waals surface area contributed by atoms with E-state index in [0.29, 0.717) is 34.1 Å². The molecule has 9 heteroatoms. The molecule has 0 radical (unpaired) electrons. The van der Waals surface area contributed by atoms with Gasteiger partial charge in [0.15, 0.2) is 5.16 Å². The van der Waals surface area contributed by atoms with Crippen molar-refractivity contribution in [2.24, 2.45) is 0 Å². The minimum atomic E-state index is -0.488. The Morgan fingerprint density at radius 3 is 2.63 bits per heavy atom. The van der Waals surface area contributed by atoms with Crippen LogP contribution in [-0.4, -0.2) is 39.5 Å². The molecule has 38 heavy (non-hydrogen) atoms. The van der Waals surface area contributed by atoms with E-state index in [4.69, 9.17) is 4.74 Å². The van der Waals surface area contributed by atoms with Crippen molar-refractivity contribution in [2.45, 2.75) is 36.9 Å². The fourth-order valence-corrected chi connectivity index (χ4v) is 6.25. The number of aryl methyl sites for hydroxylation is 1. The molecule has 194 valence electrons. The van der Waals surface area contributed by atoms with Gasteiger partial charge < -0.3 is 14.6 Å². The number of aromatic nitrogens is 3. The molecule has 2 heterocycles. The number of carbonyl (C=O) groups is 2. The minimum absolute atomic E-state index is 0.125. The number of thiophene rings is 1. The number of esters is 1.